The van der Waals surface area contributed by atoms with Crippen LogP contribution in [0.4, 0.5) is 0 Å². The van der Waals surface area contributed by atoms with Gasteiger partial charge in [-0.15, -0.1) is 17.9 Å². The molecule has 1 N–H and O–H groups in total. The first-order valence-corrected chi connectivity index (χ1v) is 9.92. The van der Waals surface area contributed by atoms with Gasteiger partial charge in [0.05, 0.1) is 30.3 Å². The van der Waals surface area contributed by atoms with Crippen LogP contribution in [-0.2, 0) is 19.5 Å². The summed E-state index contributed by atoms with van der Waals surface area (Å²) in [7, 11) is 0. The van der Waals surface area contributed by atoms with Gasteiger partial charge in [0.15, 0.2) is 0 Å². The molecule has 0 unspecified atom stereocenters. The second-order valence-corrected chi connectivity index (χ2v) is 7.97. The first kappa shape index (κ1) is 17.2. The first-order chi connectivity index (χ1) is 12.6. The van der Waals surface area contributed by atoms with Crippen molar-refractivity contribution >= 4 is 11.3 Å². The monoisotopic (exact) mass is 367 g/mol. The molecule has 0 spiro atoms. The van der Waals surface area contributed by atoms with Crippen LogP contribution in [0.25, 0.3) is 0 Å². The molecule has 3 aromatic heterocycles. The molecule has 0 saturated heterocycles. The lowest BCUT2D eigenvalue weighted by atomic mass is 9.94. The highest BCUT2D eigenvalue weighted by Gasteiger charge is 2.35. The third kappa shape index (κ3) is 2.83. The first-order valence-electron chi connectivity index (χ1n) is 9.04. The predicted molar refractivity (Wildman–Crippen MR) is 105 cm³/mol. The van der Waals surface area contributed by atoms with Crippen LogP contribution in [0.2, 0.25) is 0 Å². The Morgan fingerprint density at radius 3 is 2.96 bits per heavy atom. The van der Waals surface area contributed by atoms with E-state index in [0.717, 1.165) is 37.4 Å². The van der Waals surface area contributed by atoms with Crippen molar-refractivity contribution in [2.45, 2.75) is 46.3 Å². The molecule has 136 valence electrons. The van der Waals surface area contributed by atoms with Crippen molar-refractivity contribution in [3.05, 3.63) is 69.2 Å². The van der Waals surface area contributed by atoms with Crippen molar-refractivity contribution in [2.24, 2.45) is 0 Å². The molecule has 1 atom stereocenters. The molecule has 5 nitrogen and oxygen atoms in total. The van der Waals surface area contributed by atoms with Crippen LogP contribution < -0.4 is 0 Å². The maximum Gasteiger partial charge on any atom is 0.0926 e. The van der Waals surface area contributed by atoms with Gasteiger partial charge in [-0.3, -0.25) is 9.58 Å². The van der Waals surface area contributed by atoms with E-state index < -0.39 is 0 Å². The molecule has 0 aliphatic carbocycles. The van der Waals surface area contributed by atoms with E-state index in [1.807, 2.05) is 28.4 Å². The smallest absolute Gasteiger partial charge is 0.0926 e. The van der Waals surface area contributed by atoms with E-state index in [4.69, 9.17) is 10.1 Å². The van der Waals surface area contributed by atoms with E-state index in [1.54, 1.807) is 0 Å². The van der Waals surface area contributed by atoms with E-state index in [2.05, 4.69) is 48.7 Å². The molecule has 26 heavy (non-hydrogen) atoms. The lowest BCUT2D eigenvalue weighted by Gasteiger charge is -2.35. The summed E-state index contributed by atoms with van der Waals surface area (Å²) >= 11 is 1.84. The number of fused-ring (bicyclic) bond motifs is 1. The van der Waals surface area contributed by atoms with Crippen LogP contribution in [0.1, 0.15) is 44.8 Å². The van der Waals surface area contributed by atoms with Gasteiger partial charge in [0.1, 0.15) is 0 Å². The number of aromatic amines is 1. The average molecular weight is 368 g/mol. The summed E-state index contributed by atoms with van der Waals surface area (Å²) in [6.45, 7) is 13.0. The highest BCUT2D eigenvalue weighted by Crippen LogP contribution is 2.38. The van der Waals surface area contributed by atoms with Gasteiger partial charge in [-0.05, 0) is 37.8 Å². The third-order valence-electron chi connectivity index (χ3n) is 5.35. The second-order valence-electron chi connectivity index (χ2n) is 6.97. The number of hydrogen-bond donors (Lipinski definition) is 1. The predicted octanol–water partition coefficient (Wildman–Crippen LogP) is 3.93. The summed E-state index contributed by atoms with van der Waals surface area (Å²) in [5.41, 5.74) is 7.35. The quantitative estimate of drug-likeness (QED) is 0.695. The molecule has 0 radical (unpaired) electrons. The van der Waals surface area contributed by atoms with E-state index in [9.17, 15) is 0 Å². The Kier molecular flexibility index (Phi) is 4.54. The lowest BCUT2D eigenvalue weighted by molar-refractivity contribution is 0.200. The molecular formula is C20H25N5S. The number of rotatable bonds is 5. The molecular weight excluding hydrogens is 342 g/mol. The number of nitrogens with one attached hydrogen (secondary N) is 1. The summed E-state index contributed by atoms with van der Waals surface area (Å²) < 4.78 is 2.05. The van der Waals surface area contributed by atoms with Crippen LogP contribution in [0.5, 0.6) is 0 Å². The Hall–Kier alpha value is -2.18. The number of aromatic nitrogens is 4. The zero-order valence-corrected chi connectivity index (χ0v) is 16.4. The molecule has 6 heteroatoms. The van der Waals surface area contributed by atoms with Gasteiger partial charge < -0.3 is 4.98 Å². The standard InChI is InChI=1S/C20H25N5S/c1-5-8-25-15(4)18(14(3)23-25)20-19-16(21-12-22-19)6-9-24(20)11-17-13(2)7-10-26-17/h5,7,10,12,20H,1,6,8-9,11H2,2-4H3,(H,21,22)/t20-/m0/s1. The fourth-order valence-electron chi connectivity index (χ4n) is 3.97. The topological polar surface area (TPSA) is 49.7 Å². The molecule has 1 aliphatic rings. The van der Waals surface area contributed by atoms with E-state index in [1.165, 1.54) is 27.4 Å². The van der Waals surface area contributed by atoms with Crippen LogP contribution >= 0.6 is 11.3 Å². The van der Waals surface area contributed by atoms with Gasteiger partial charge in [-0.1, -0.05) is 6.08 Å². The van der Waals surface area contributed by atoms with Crippen molar-refractivity contribution in [3.8, 4) is 0 Å². The normalized spacial score (nSPS) is 17.4. The minimum Gasteiger partial charge on any atom is -0.348 e. The molecule has 0 amide bonds. The van der Waals surface area contributed by atoms with E-state index in [0.29, 0.717) is 0 Å². The number of thiophene rings is 1. The Balaban J connectivity index is 1.79. The Bertz CT molecular complexity index is 932. The maximum atomic E-state index is 4.76. The minimum atomic E-state index is 0.144. The van der Waals surface area contributed by atoms with Crippen molar-refractivity contribution in [3.63, 3.8) is 0 Å². The molecule has 3 aromatic rings. The highest BCUT2D eigenvalue weighted by atomic mass is 32.1. The van der Waals surface area contributed by atoms with Crippen molar-refractivity contribution in [2.75, 3.05) is 6.54 Å². The number of H-pyrrole nitrogens is 1. The Morgan fingerprint density at radius 2 is 2.23 bits per heavy atom. The SMILES string of the molecule is C=CCn1nc(C)c([C@H]2c3nc[nH]c3CCN2Cc2sccc2C)c1C. The number of aryl methyl sites for hydroxylation is 2. The van der Waals surface area contributed by atoms with Gasteiger partial charge in [0.2, 0.25) is 0 Å². The Morgan fingerprint density at radius 1 is 1.38 bits per heavy atom. The van der Waals surface area contributed by atoms with Gasteiger partial charge in [0.25, 0.3) is 0 Å². The van der Waals surface area contributed by atoms with Gasteiger partial charge in [-0.25, -0.2) is 4.98 Å². The van der Waals surface area contributed by atoms with Gasteiger partial charge in [-0.2, -0.15) is 5.10 Å². The molecule has 0 fully saturated rings. The molecule has 1 aliphatic heterocycles. The van der Waals surface area contributed by atoms with E-state index in [-0.39, 0.29) is 6.04 Å². The van der Waals surface area contributed by atoms with Crippen LogP contribution in [-0.4, -0.2) is 31.2 Å². The van der Waals surface area contributed by atoms with Crippen molar-refractivity contribution in [1.82, 2.24) is 24.6 Å². The summed E-state index contributed by atoms with van der Waals surface area (Å²) in [6, 6.07) is 2.35. The molecule has 4 rings (SSSR count). The molecule has 0 saturated carbocycles. The number of imidazole rings is 1. The molecule has 0 aromatic carbocycles. The van der Waals surface area contributed by atoms with Gasteiger partial charge in [0, 0.05) is 41.3 Å². The summed E-state index contributed by atoms with van der Waals surface area (Å²) in [5, 5.41) is 6.95. The summed E-state index contributed by atoms with van der Waals surface area (Å²) in [4.78, 5) is 12.0. The zero-order chi connectivity index (χ0) is 18.3. The van der Waals surface area contributed by atoms with Gasteiger partial charge >= 0.3 is 0 Å². The van der Waals surface area contributed by atoms with Crippen molar-refractivity contribution in [1.29, 1.82) is 0 Å². The average Bonchev–Trinajstić information content (AvgIpc) is 3.31. The number of nitrogens with zero attached hydrogens (tertiary/aromatic N) is 4. The van der Waals surface area contributed by atoms with Crippen molar-refractivity contribution < 1.29 is 0 Å². The maximum absolute atomic E-state index is 4.76. The largest absolute Gasteiger partial charge is 0.348 e. The fraction of sp³-hybridized carbons (Fsp3) is 0.400. The Labute approximate surface area is 158 Å². The number of allylic oxidation sites excluding steroid dienone is 1. The number of hydrogen-bond acceptors (Lipinski definition) is 4. The van der Waals surface area contributed by atoms with Crippen LogP contribution in [0.3, 0.4) is 0 Å². The second kappa shape index (κ2) is 6.85. The van der Waals surface area contributed by atoms with Crippen LogP contribution in [0.15, 0.2) is 30.4 Å². The third-order valence-corrected chi connectivity index (χ3v) is 6.36. The molecule has 0 bridgehead atoms. The van der Waals surface area contributed by atoms with Crippen LogP contribution in [0, 0.1) is 20.8 Å². The minimum absolute atomic E-state index is 0.144. The fourth-order valence-corrected chi connectivity index (χ4v) is 4.90. The summed E-state index contributed by atoms with van der Waals surface area (Å²) in [5.74, 6) is 0. The van der Waals surface area contributed by atoms with E-state index >= 15 is 0 Å². The zero-order valence-electron chi connectivity index (χ0n) is 15.6. The summed E-state index contributed by atoms with van der Waals surface area (Å²) in [6.07, 6.45) is 4.74. The highest BCUT2D eigenvalue weighted by molar-refractivity contribution is 7.10. The molecule has 4 heterocycles. The lowest BCUT2D eigenvalue weighted by Crippen LogP contribution is -2.36.